The van der Waals surface area contributed by atoms with E-state index in [2.05, 4.69) is 13.8 Å². The number of carbonyl (C=O) groups excluding carboxylic acids is 1. The van der Waals surface area contributed by atoms with Gasteiger partial charge in [-0.05, 0) is 36.9 Å². The number of hydrogen-bond acceptors (Lipinski definition) is 2. The molecule has 1 amide bonds. The lowest BCUT2D eigenvalue weighted by atomic mass is 10.1. The van der Waals surface area contributed by atoms with Gasteiger partial charge in [-0.25, -0.2) is 4.39 Å². The van der Waals surface area contributed by atoms with E-state index in [1.165, 1.54) is 6.07 Å². The Morgan fingerprint density at radius 2 is 2.11 bits per heavy atom. The molecule has 0 bridgehead atoms. The molecule has 2 N–H and O–H groups in total. The maximum atomic E-state index is 13.9. The first kappa shape index (κ1) is 14.0. The monoisotopic (exact) mass is 264 g/mol. The number of para-hydroxylation sites is 1. The van der Waals surface area contributed by atoms with Crippen LogP contribution in [0.15, 0.2) is 24.3 Å². The summed E-state index contributed by atoms with van der Waals surface area (Å²) < 4.78 is 13.9. The fourth-order valence-electron chi connectivity index (χ4n) is 2.35. The van der Waals surface area contributed by atoms with Crippen molar-refractivity contribution in [3.8, 4) is 0 Å². The maximum Gasteiger partial charge on any atom is 0.230 e. The van der Waals surface area contributed by atoms with Crippen molar-refractivity contribution in [1.82, 2.24) is 0 Å². The molecule has 1 unspecified atom stereocenters. The summed E-state index contributed by atoms with van der Waals surface area (Å²) in [6.07, 6.45) is 1.55. The zero-order chi connectivity index (χ0) is 14.0. The van der Waals surface area contributed by atoms with Gasteiger partial charge in [-0.2, -0.15) is 0 Å². The highest BCUT2D eigenvalue weighted by atomic mass is 19.1. The van der Waals surface area contributed by atoms with Crippen LogP contribution in [0, 0.1) is 17.2 Å². The molecule has 1 fully saturated rings. The first-order valence-corrected chi connectivity index (χ1v) is 6.73. The molecule has 104 valence electrons. The van der Waals surface area contributed by atoms with Gasteiger partial charge in [0.25, 0.3) is 0 Å². The molecular weight excluding hydrogens is 243 g/mol. The minimum absolute atomic E-state index is 0.00452. The van der Waals surface area contributed by atoms with E-state index >= 15 is 0 Å². The van der Waals surface area contributed by atoms with E-state index in [4.69, 9.17) is 5.73 Å². The highest BCUT2D eigenvalue weighted by Gasteiger charge is 2.52. The molecule has 0 aliphatic heterocycles. The van der Waals surface area contributed by atoms with Crippen molar-refractivity contribution in [2.75, 3.05) is 18.0 Å². The molecule has 0 spiro atoms. The lowest BCUT2D eigenvalue weighted by molar-refractivity contribution is -0.120. The van der Waals surface area contributed by atoms with Gasteiger partial charge in [0.05, 0.1) is 5.69 Å². The molecule has 1 aromatic carbocycles. The molecule has 1 saturated carbocycles. The molecule has 1 aromatic rings. The Morgan fingerprint density at radius 3 is 2.63 bits per heavy atom. The van der Waals surface area contributed by atoms with E-state index in [-0.39, 0.29) is 23.1 Å². The molecular formula is C15H21FN2O. The molecule has 1 atom stereocenters. The van der Waals surface area contributed by atoms with Gasteiger partial charge >= 0.3 is 0 Å². The summed E-state index contributed by atoms with van der Waals surface area (Å²) in [5, 5.41) is 0. The van der Waals surface area contributed by atoms with Gasteiger partial charge in [0.1, 0.15) is 5.82 Å². The average Bonchev–Trinajstić information content (AvgIpc) is 3.00. The molecule has 0 saturated heterocycles. The van der Waals surface area contributed by atoms with Crippen LogP contribution in [0.5, 0.6) is 0 Å². The van der Waals surface area contributed by atoms with E-state index in [9.17, 15) is 9.18 Å². The minimum Gasteiger partial charge on any atom is -0.330 e. The number of carbonyl (C=O) groups is 1. The summed E-state index contributed by atoms with van der Waals surface area (Å²) in [5.41, 5.74) is 5.92. The van der Waals surface area contributed by atoms with Crippen LogP contribution in [0.3, 0.4) is 0 Å². The third-order valence-electron chi connectivity index (χ3n) is 3.81. The van der Waals surface area contributed by atoms with Crippen LogP contribution in [0.1, 0.15) is 26.7 Å². The molecule has 0 heterocycles. The van der Waals surface area contributed by atoms with Crippen molar-refractivity contribution in [2.45, 2.75) is 26.7 Å². The maximum absolute atomic E-state index is 13.9. The second-order valence-electron chi connectivity index (χ2n) is 5.83. The number of nitrogens with two attached hydrogens (primary N) is 1. The molecule has 0 radical (unpaired) electrons. The van der Waals surface area contributed by atoms with Gasteiger partial charge in [-0.15, -0.1) is 0 Å². The number of halogens is 1. The fraction of sp³-hybridized carbons (Fsp3) is 0.533. The zero-order valence-corrected chi connectivity index (χ0v) is 11.5. The summed E-state index contributed by atoms with van der Waals surface area (Å²) in [4.78, 5) is 14.1. The van der Waals surface area contributed by atoms with E-state index in [0.717, 1.165) is 6.42 Å². The van der Waals surface area contributed by atoms with Crippen LogP contribution in [-0.2, 0) is 4.79 Å². The summed E-state index contributed by atoms with van der Waals surface area (Å²) in [6.45, 7) is 5.10. The summed E-state index contributed by atoms with van der Waals surface area (Å²) in [6, 6.07) is 6.42. The van der Waals surface area contributed by atoms with Crippen LogP contribution < -0.4 is 10.6 Å². The molecule has 1 aliphatic carbocycles. The van der Waals surface area contributed by atoms with Crippen molar-refractivity contribution >= 4 is 11.6 Å². The quantitative estimate of drug-likeness (QED) is 0.888. The lowest BCUT2D eigenvalue weighted by Gasteiger charge is -2.24. The number of benzene rings is 1. The summed E-state index contributed by atoms with van der Waals surface area (Å²) >= 11 is 0. The Hall–Kier alpha value is -1.42. The largest absolute Gasteiger partial charge is 0.330 e. The molecule has 2 rings (SSSR count). The normalized spacial score (nSPS) is 20.1. The average molecular weight is 264 g/mol. The van der Waals surface area contributed by atoms with Crippen molar-refractivity contribution in [1.29, 1.82) is 0 Å². The lowest BCUT2D eigenvalue weighted by Crippen LogP contribution is -2.35. The van der Waals surface area contributed by atoms with Crippen molar-refractivity contribution in [3.05, 3.63) is 30.1 Å². The minimum atomic E-state index is -0.355. The first-order chi connectivity index (χ1) is 8.97. The predicted molar refractivity (Wildman–Crippen MR) is 74.3 cm³/mol. The second-order valence-corrected chi connectivity index (χ2v) is 5.83. The topological polar surface area (TPSA) is 46.3 Å². The molecule has 4 heteroatoms. The molecule has 1 aliphatic rings. The fourth-order valence-corrected chi connectivity index (χ4v) is 2.35. The van der Waals surface area contributed by atoms with Crippen LogP contribution in [0.4, 0.5) is 10.1 Å². The van der Waals surface area contributed by atoms with Gasteiger partial charge in [0.2, 0.25) is 5.91 Å². The zero-order valence-electron chi connectivity index (χ0n) is 11.5. The van der Waals surface area contributed by atoms with Crippen LogP contribution in [0.25, 0.3) is 0 Å². The third-order valence-corrected chi connectivity index (χ3v) is 3.81. The van der Waals surface area contributed by atoms with Gasteiger partial charge < -0.3 is 10.6 Å². The molecule has 3 nitrogen and oxygen atoms in total. The van der Waals surface area contributed by atoms with E-state index < -0.39 is 0 Å². The third kappa shape index (κ3) is 2.95. The van der Waals surface area contributed by atoms with Crippen molar-refractivity contribution < 1.29 is 9.18 Å². The van der Waals surface area contributed by atoms with Gasteiger partial charge in [0, 0.05) is 12.5 Å². The number of hydrogen-bond donors (Lipinski definition) is 1. The standard InChI is InChI=1S/C15H21FN2O/c1-15(2)10-11(15)14(19)18(9-5-8-17)13-7-4-3-6-12(13)16/h3-4,6-7,11H,5,8-10,17H2,1-2H3. The Balaban J connectivity index is 2.21. The van der Waals surface area contributed by atoms with E-state index in [1.807, 2.05) is 0 Å². The van der Waals surface area contributed by atoms with Crippen LogP contribution in [-0.4, -0.2) is 19.0 Å². The second kappa shape index (κ2) is 5.29. The number of nitrogens with zero attached hydrogens (tertiary/aromatic N) is 1. The van der Waals surface area contributed by atoms with E-state index in [1.54, 1.807) is 23.1 Å². The van der Waals surface area contributed by atoms with Crippen molar-refractivity contribution in [3.63, 3.8) is 0 Å². The number of rotatable bonds is 5. The Labute approximate surface area is 113 Å². The van der Waals surface area contributed by atoms with Crippen molar-refractivity contribution in [2.24, 2.45) is 17.1 Å². The molecule has 19 heavy (non-hydrogen) atoms. The Morgan fingerprint density at radius 1 is 1.47 bits per heavy atom. The smallest absolute Gasteiger partial charge is 0.230 e. The number of amides is 1. The first-order valence-electron chi connectivity index (χ1n) is 6.73. The summed E-state index contributed by atoms with van der Waals surface area (Å²) in [7, 11) is 0. The molecule has 0 aromatic heterocycles. The Bertz CT molecular complexity index is 473. The van der Waals surface area contributed by atoms with Gasteiger partial charge in [0.15, 0.2) is 0 Å². The summed E-state index contributed by atoms with van der Waals surface area (Å²) in [5.74, 6) is -0.334. The number of anilines is 1. The highest BCUT2D eigenvalue weighted by molar-refractivity contribution is 5.97. The van der Waals surface area contributed by atoms with Gasteiger partial charge in [-0.1, -0.05) is 26.0 Å². The Kier molecular flexibility index (Phi) is 3.90. The van der Waals surface area contributed by atoms with E-state index in [0.29, 0.717) is 25.2 Å². The predicted octanol–water partition coefficient (Wildman–Crippen LogP) is 2.55. The SMILES string of the molecule is CC1(C)CC1C(=O)N(CCCN)c1ccccc1F. The van der Waals surface area contributed by atoms with Crippen LogP contribution in [0.2, 0.25) is 0 Å². The van der Waals surface area contributed by atoms with Crippen LogP contribution >= 0.6 is 0 Å². The van der Waals surface area contributed by atoms with Gasteiger partial charge in [-0.3, -0.25) is 4.79 Å². The highest BCUT2D eigenvalue weighted by Crippen LogP contribution is 2.52.